The molecule has 0 aliphatic rings. The minimum Gasteiger partial charge on any atom is -0.455 e. The second-order valence-corrected chi connectivity index (χ2v) is 8.92. The van der Waals surface area contributed by atoms with Gasteiger partial charge in [0.2, 0.25) is 10.0 Å². The summed E-state index contributed by atoms with van der Waals surface area (Å²) in [6.45, 7) is 2.05. The number of rotatable bonds is 7. The van der Waals surface area contributed by atoms with E-state index < -0.39 is 10.0 Å². The van der Waals surface area contributed by atoms with Crippen molar-refractivity contribution in [1.82, 2.24) is 8.87 Å². The van der Waals surface area contributed by atoms with Crippen molar-refractivity contribution in [2.75, 3.05) is 20.6 Å². The Hall–Kier alpha value is -2.68. The van der Waals surface area contributed by atoms with Crippen LogP contribution in [0.3, 0.4) is 0 Å². The number of sulfonamides is 1. The predicted octanol–water partition coefficient (Wildman–Crippen LogP) is 3.80. The van der Waals surface area contributed by atoms with E-state index in [1.165, 1.54) is 32.3 Å². The van der Waals surface area contributed by atoms with Gasteiger partial charge in [-0.25, -0.2) is 17.1 Å². The lowest BCUT2D eigenvalue weighted by Crippen LogP contribution is -2.22. The maximum Gasteiger partial charge on any atom is 0.242 e. The van der Waals surface area contributed by atoms with Crippen molar-refractivity contribution < 1.29 is 17.5 Å². The van der Waals surface area contributed by atoms with Crippen LogP contribution >= 0.6 is 0 Å². The zero-order valence-corrected chi connectivity index (χ0v) is 17.4. The lowest BCUT2D eigenvalue weighted by atomic mass is 10.2. The molecule has 0 spiro atoms. The van der Waals surface area contributed by atoms with E-state index in [1.807, 2.05) is 35.8 Å². The SMILES string of the molecule is Cc1c(Oc2ccc(S(=O)(=O)N(C)C)cc2)c2ccccc2n1C/C(F)=C/CN. The van der Waals surface area contributed by atoms with Crippen LogP contribution in [0.5, 0.6) is 11.5 Å². The van der Waals surface area contributed by atoms with Crippen molar-refractivity contribution >= 4 is 20.9 Å². The molecule has 0 bridgehead atoms. The summed E-state index contributed by atoms with van der Waals surface area (Å²) in [5.74, 6) is 0.775. The first kappa shape index (κ1) is 21.0. The molecular weight excluding hydrogens is 393 g/mol. The lowest BCUT2D eigenvalue weighted by Gasteiger charge is -2.12. The predicted molar refractivity (Wildman–Crippen MR) is 112 cm³/mol. The minimum absolute atomic E-state index is 0.0624. The fourth-order valence-electron chi connectivity index (χ4n) is 3.08. The Bertz CT molecular complexity index is 1150. The van der Waals surface area contributed by atoms with Crippen LogP contribution in [0.15, 0.2) is 65.3 Å². The van der Waals surface area contributed by atoms with Crippen molar-refractivity contribution in [2.24, 2.45) is 5.73 Å². The number of para-hydroxylation sites is 1. The van der Waals surface area contributed by atoms with E-state index >= 15 is 0 Å². The normalized spacial score (nSPS) is 12.7. The zero-order chi connectivity index (χ0) is 21.2. The Balaban J connectivity index is 1.99. The van der Waals surface area contributed by atoms with Gasteiger partial charge >= 0.3 is 0 Å². The number of halogens is 1. The summed E-state index contributed by atoms with van der Waals surface area (Å²) in [4.78, 5) is 0.183. The molecule has 29 heavy (non-hydrogen) atoms. The standard InChI is InChI=1S/C21H24FN3O3S/c1-15-21(28-17-8-10-18(11-9-17)29(26,27)24(2)3)19-6-4-5-7-20(19)25(15)14-16(22)12-13-23/h4-12H,13-14,23H2,1-3H3/b16-12-. The number of ether oxygens (including phenoxy) is 1. The van der Waals surface area contributed by atoms with Gasteiger partial charge < -0.3 is 15.0 Å². The fourth-order valence-corrected chi connectivity index (χ4v) is 3.99. The van der Waals surface area contributed by atoms with E-state index in [9.17, 15) is 12.8 Å². The number of fused-ring (bicyclic) bond motifs is 1. The van der Waals surface area contributed by atoms with Gasteiger partial charge in [0.1, 0.15) is 11.6 Å². The minimum atomic E-state index is -3.51. The molecule has 3 rings (SSSR count). The topological polar surface area (TPSA) is 77.6 Å². The number of hydrogen-bond acceptors (Lipinski definition) is 4. The smallest absolute Gasteiger partial charge is 0.242 e. The lowest BCUT2D eigenvalue weighted by molar-refractivity contribution is 0.477. The van der Waals surface area contributed by atoms with Crippen molar-refractivity contribution in [3.8, 4) is 11.5 Å². The molecular formula is C21H24FN3O3S. The molecule has 2 aromatic carbocycles. The Morgan fingerprint density at radius 3 is 2.45 bits per heavy atom. The number of aromatic nitrogens is 1. The Morgan fingerprint density at radius 2 is 1.83 bits per heavy atom. The van der Waals surface area contributed by atoms with E-state index in [4.69, 9.17) is 10.5 Å². The van der Waals surface area contributed by atoms with Gasteiger partial charge in [-0.15, -0.1) is 0 Å². The third-order valence-corrected chi connectivity index (χ3v) is 6.47. The van der Waals surface area contributed by atoms with Gasteiger partial charge in [0, 0.05) is 26.0 Å². The Morgan fingerprint density at radius 1 is 1.17 bits per heavy atom. The van der Waals surface area contributed by atoms with Gasteiger partial charge in [0.05, 0.1) is 22.7 Å². The van der Waals surface area contributed by atoms with Crippen molar-refractivity contribution in [3.05, 3.63) is 66.1 Å². The molecule has 0 unspecified atom stereocenters. The first-order valence-electron chi connectivity index (χ1n) is 9.08. The summed E-state index contributed by atoms with van der Waals surface area (Å²) in [6, 6.07) is 13.8. The monoisotopic (exact) mass is 417 g/mol. The second-order valence-electron chi connectivity index (χ2n) is 6.77. The van der Waals surface area contributed by atoms with E-state index in [0.29, 0.717) is 11.5 Å². The average molecular weight is 418 g/mol. The van der Waals surface area contributed by atoms with Crippen LogP contribution in [0.25, 0.3) is 10.9 Å². The molecule has 0 saturated carbocycles. The number of nitrogens with two attached hydrogens (primary N) is 1. The fraction of sp³-hybridized carbons (Fsp3) is 0.238. The van der Waals surface area contributed by atoms with Crippen molar-refractivity contribution in [2.45, 2.75) is 18.4 Å². The summed E-state index contributed by atoms with van der Waals surface area (Å²) in [5, 5.41) is 0.843. The molecule has 0 radical (unpaired) electrons. The summed E-state index contributed by atoms with van der Waals surface area (Å²) >= 11 is 0. The van der Waals surface area contributed by atoms with Gasteiger partial charge in [0.15, 0.2) is 5.75 Å². The molecule has 6 nitrogen and oxygen atoms in total. The van der Waals surface area contributed by atoms with Crippen LogP contribution in [-0.4, -0.2) is 37.9 Å². The summed E-state index contributed by atoms with van der Waals surface area (Å²) in [7, 11) is -0.544. The van der Waals surface area contributed by atoms with E-state index in [0.717, 1.165) is 20.9 Å². The van der Waals surface area contributed by atoms with Crippen molar-refractivity contribution in [1.29, 1.82) is 0 Å². The molecule has 1 heterocycles. The van der Waals surface area contributed by atoms with Gasteiger partial charge in [-0.3, -0.25) is 0 Å². The Labute approximate surface area is 170 Å². The summed E-state index contributed by atoms with van der Waals surface area (Å²) < 4.78 is 47.6. The zero-order valence-electron chi connectivity index (χ0n) is 16.6. The molecule has 2 N–H and O–H groups in total. The van der Waals surface area contributed by atoms with E-state index in [-0.39, 0.29) is 23.8 Å². The van der Waals surface area contributed by atoms with Crippen LogP contribution in [0.1, 0.15) is 5.69 Å². The van der Waals surface area contributed by atoms with Gasteiger partial charge in [-0.05, 0) is 49.4 Å². The highest BCUT2D eigenvalue weighted by Gasteiger charge is 2.19. The van der Waals surface area contributed by atoms with Crippen LogP contribution in [0.4, 0.5) is 4.39 Å². The van der Waals surface area contributed by atoms with E-state index in [2.05, 4.69) is 0 Å². The first-order valence-corrected chi connectivity index (χ1v) is 10.5. The molecule has 0 aliphatic carbocycles. The van der Waals surface area contributed by atoms with Crippen LogP contribution in [0, 0.1) is 6.92 Å². The first-order chi connectivity index (χ1) is 13.8. The van der Waals surface area contributed by atoms with Crippen LogP contribution in [0.2, 0.25) is 0 Å². The van der Waals surface area contributed by atoms with Crippen LogP contribution < -0.4 is 10.5 Å². The second kappa shape index (κ2) is 8.36. The van der Waals surface area contributed by atoms with Gasteiger partial charge in [0.25, 0.3) is 0 Å². The molecule has 0 atom stereocenters. The molecule has 154 valence electrons. The number of benzene rings is 2. The number of nitrogens with zero attached hydrogens (tertiary/aromatic N) is 2. The van der Waals surface area contributed by atoms with Crippen molar-refractivity contribution in [3.63, 3.8) is 0 Å². The maximum absolute atomic E-state index is 14.1. The van der Waals surface area contributed by atoms with Gasteiger partial charge in [-0.2, -0.15) is 0 Å². The largest absolute Gasteiger partial charge is 0.455 e. The Kier molecular flexibility index (Phi) is 6.07. The molecule has 1 aromatic heterocycles. The van der Waals surface area contributed by atoms with Gasteiger partial charge in [-0.1, -0.05) is 12.1 Å². The summed E-state index contributed by atoms with van der Waals surface area (Å²) in [6.07, 6.45) is 1.35. The molecule has 8 heteroatoms. The highest BCUT2D eigenvalue weighted by atomic mass is 32.2. The molecule has 3 aromatic rings. The van der Waals surface area contributed by atoms with E-state index in [1.54, 1.807) is 12.1 Å². The number of hydrogen-bond donors (Lipinski definition) is 1. The third-order valence-electron chi connectivity index (χ3n) is 4.64. The third kappa shape index (κ3) is 4.19. The molecule has 0 aliphatic heterocycles. The molecule has 0 amide bonds. The number of allylic oxidation sites excluding steroid dienone is 1. The maximum atomic E-state index is 14.1. The summed E-state index contributed by atoms with van der Waals surface area (Å²) in [5.41, 5.74) is 7.01. The quantitative estimate of drug-likeness (QED) is 0.634. The average Bonchev–Trinajstić information content (AvgIpc) is 2.94. The molecule has 0 fully saturated rings. The van der Waals surface area contributed by atoms with Crippen LogP contribution in [-0.2, 0) is 16.6 Å². The molecule has 0 saturated heterocycles. The highest BCUT2D eigenvalue weighted by molar-refractivity contribution is 7.89. The highest BCUT2D eigenvalue weighted by Crippen LogP contribution is 2.36.